The molecule has 74 valence electrons. The Bertz CT molecular complexity index is 328. The first-order valence-corrected chi connectivity index (χ1v) is 5.36. The fraction of sp³-hybridized carbons (Fsp3) is 0.500. The zero-order valence-electron chi connectivity index (χ0n) is 8.15. The molecule has 0 aromatic carbocycles. The molecule has 0 saturated heterocycles. The van der Waals surface area contributed by atoms with Crippen molar-refractivity contribution in [2.75, 3.05) is 0 Å². The van der Waals surface area contributed by atoms with Crippen LogP contribution in [-0.2, 0) is 6.54 Å². The number of allylic oxidation sites excluding steroid dienone is 1. The van der Waals surface area contributed by atoms with Crippen LogP contribution in [0.5, 0.6) is 0 Å². The second kappa shape index (κ2) is 3.28. The summed E-state index contributed by atoms with van der Waals surface area (Å²) in [5, 5.41) is 3.57. The fourth-order valence-corrected chi connectivity index (χ4v) is 2.66. The lowest BCUT2D eigenvalue weighted by Crippen LogP contribution is -2.31. The minimum Gasteiger partial charge on any atom is -0.468 e. The second-order valence-electron chi connectivity index (χ2n) is 4.35. The van der Waals surface area contributed by atoms with Gasteiger partial charge in [0.1, 0.15) is 5.76 Å². The highest BCUT2D eigenvalue weighted by Gasteiger charge is 2.35. The third-order valence-electron chi connectivity index (χ3n) is 3.40. The van der Waals surface area contributed by atoms with Gasteiger partial charge in [0, 0.05) is 6.04 Å². The molecule has 0 amide bonds. The normalized spacial score (nSPS) is 34.1. The van der Waals surface area contributed by atoms with Gasteiger partial charge in [-0.15, -0.1) is 0 Å². The van der Waals surface area contributed by atoms with E-state index in [1.807, 2.05) is 12.1 Å². The minimum atomic E-state index is 0.676. The lowest BCUT2D eigenvalue weighted by molar-refractivity contribution is 0.410. The largest absolute Gasteiger partial charge is 0.468 e. The van der Waals surface area contributed by atoms with Crippen LogP contribution in [0.2, 0.25) is 0 Å². The van der Waals surface area contributed by atoms with Crippen molar-refractivity contribution in [2.45, 2.75) is 25.4 Å². The van der Waals surface area contributed by atoms with Crippen molar-refractivity contribution >= 4 is 0 Å². The Kier molecular flexibility index (Phi) is 1.95. The number of hydrogen-bond donors (Lipinski definition) is 1. The summed E-state index contributed by atoms with van der Waals surface area (Å²) in [7, 11) is 0. The lowest BCUT2D eigenvalue weighted by atomic mass is 10.0. The molecule has 1 saturated carbocycles. The molecule has 2 aliphatic carbocycles. The zero-order valence-corrected chi connectivity index (χ0v) is 8.15. The summed E-state index contributed by atoms with van der Waals surface area (Å²) in [5.41, 5.74) is 0. The molecule has 3 rings (SSSR count). The maximum absolute atomic E-state index is 5.29. The quantitative estimate of drug-likeness (QED) is 0.738. The van der Waals surface area contributed by atoms with Crippen molar-refractivity contribution in [2.24, 2.45) is 11.8 Å². The maximum Gasteiger partial charge on any atom is 0.117 e. The molecular formula is C12H15NO. The van der Waals surface area contributed by atoms with Gasteiger partial charge in [-0.05, 0) is 36.8 Å². The topological polar surface area (TPSA) is 25.2 Å². The third-order valence-corrected chi connectivity index (χ3v) is 3.40. The van der Waals surface area contributed by atoms with Gasteiger partial charge >= 0.3 is 0 Å². The summed E-state index contributed by atoms with van der Waals surface area (Å²) in [6.45, 7) is 0.870. The van der Waals surface area contributed by atoms with Crippen LogP contribution in [0, 0.1) is 11.8 Å². The molecule has 1 aromatic rings. The van der Waals surface area contributed by atoms with Crippen molar-refractivity contribution in [3.8, 4) is 0 Å². The fourth-order valence-electron chi connectivity index (χ4n) is 2.66. The SMILES string of the molecule is C1=C[C@H]2C[C@@H]1CC2NCc1ccco1. The van der Waals surface area contributed by atoms with E-state index >= 15 is 0 Å². The first-order chi connectivity index (χ1) is 6.92. The van der Waals surface area contributed by atoms with Crippen LogP contribution in [0.25, 0.3) is 0 Å². The minimum absolute atomic E-state index is 0.676. The van der Waals surface area contributed by atoms with Gasteiger partial charge in [-0.25, -0.2) is 0 Å². The monoisotopic (exact) mass is 189 g/mol. The number of furan rings is 1. The van der Waals surface area contributed by atoms with E-state index < -0.39 is 0 Å². The van der Waals surface area contributed by atoms with Gasteiger partial charge in [0.15, 0.2) is 0 Å². The maximum atomic E-state index is 5.29. The molecule has 2 heteroatoms. The lowest BCUT2D eigenvalue weighted by Gasteiger charge is -2.18. The Hall–Kier alpha value is -1.02. The number of hydrogen-bond acceptors (Lipinski definition) is 2. The average molecular weight is 189 g/mol. The highest BCUT2D eigenvalue weighted by Crippen LogP contribution is 2.38. The van der Waals surface area contributed by atoms with Crippen LogP contribution in [0.3, 0.4) is 0 Å². The molecule has 1 aromatic heterocycles. The Labute approximate surface area is 84.0 Å². The third kappa shape index (κ3) is 1.40. The molecule has 1 unspecified atom stereocenters. The predicted octanol–water partition coefficient (Wildman–Crippen LogP) is 2.33. The van der Waals surface area contributed by atoms with Gasteiger partial charge in [-0.2, -0.15) is 0 Å². The van der Waals surface area contributed by atoms with Crippen molar-refractivity contribution in [3.05, 3.63) is 36.3 Å². The van der Waals surface area contributed by atoms with E-state index in [0.717, 1.165) is 24.1 Å². The first kappa shape index (κ1) is 8.30. The summed E-state index contributed by atoms with van der Waals surface area (Å²) in [5.74, 6) is 2.65. The second-order valence-corrected chi connectivity index (χ2v) is 4.35. The molecule has 0 aliphatic heterocycles. The zero-order chi connectivity index (χ0) is 9.38. The van der Waals surface area contributed by atoms with E-state index in [2.05, 4.69) is 17.5 Å². The highest BCUT2D eigenvalue weighted by molar-refractivity contribution is 5.13. The van der Waals surface area contributed by atoms with Crippen LogP contribution >= 0.6 is 0 Å². The Morgan fingerprint density at radius 3 is 3.00 bits per heavy atom. The summed E-state index contributed by atoms with van der Waals surface area (Å²) >= 11 is 0. The summed E-state index contributed by atoms with van der Waals surface area (Å²) in [4.78, 5) is 0. The molecule has 14 heavy (non-hydrogen) atoms. The molecule has 3 atom stereocenters. The summed E-state index contributed by atoms with van der Waals surface area (Å²) in [6, 6.07) is 4.64. The van der Waals surface area contributed by atoms with E-state index in [0.29, 0.717) is 6.04 Å². The van der Waals surface area contributed by atoms with E-state index in [9.17, 15) is 0 Å². The van der Waals surface area contributed by atoms with Crippen LogP contribution in [0.4, 0.5) is 0 Å². The summed E-state index contributed by atoms with van der Waals surface area (Å²) < 4.78 is 5.29. The van der Waals surface area contributed by atoms with E-state index in [4.69, 9.17) is 4.42 Å². The molecule has 0 spiro atoms. The van der Waals surface area contributed by atoms with Gasteiger partial charge in [0.05, 0.1) is 12.8 Å². The molecule has 2 bridgehead atoms. The molecule has 1 N–H and O–H groups in total. The van der Waals surface area contributed by atoms with Crippen LogP contribution in [0.1, 0.15) is 18.6 Å². The summed E-state index contributed by atoms with van der Waals surface area (Å²) in [6.07, 6.45) is 9.14. The van der Waals surface area contributed by atoms with E-state index in [-0.39, 0.29) is 0 Å². The molecule has 1 fully saturated rings. The Morgan fingerprint density at radius 2 is 2.36 bits per heavy atom. The van der Waals surface area contributed by atoms with Crippen molar-refractivity contribution < 1.29 is 4.42 Å². The standard InChI is InChI=1S/C12H15NO/c1-2-11(14-5-1)8-13-12-7-9-3-4-10(12)6-9/h1-5,9-10,12-13H,6-8H2/t9-,10+,12?/m1/s1. The number of nitrogens with one attached hydrogen (secondary N) is 1. The molecule has 1 heterocycles. The Morgan fingerprint density at radius 1 is 1.36 bits per heavy atom. The highest BCUT2D eigenvalue weighted by atomic mass is 16.3. The molecule has 2 aliphatic rings. The first-order valence-electron chi connectivity index (χ1n) is 5.36. The van der Waals surface area contributed by atoms with Crippen molar-refractivity contribution in [1.82, 2.24) is 5.32 Å². The Balaban J connectivity index is 1.57. The molecule has 2 nitrogen and oxygen atoms in total. The van der Waals surface area contributed by atoms with Gasteiger partial charge in [0.2, 0.25) is 0 Å². The van der Waals surface area contributed by atoms with Crippen LogP contribution in [0.15, 0.2) is 35.0 Å². The van der Waals surface area contributed by atoms with Crippen molar-refractivity contribution in [3.63, 3.8) is 0 Å². The van der Waals surface area contributed by atoms with Crippen molar-refractivity contribution in [1.29, 1.82) is 0 Å². The number of rotatable bonds is 3. The van der Waals surface area contributed by atoms with Gasteiger partial charge in [0.25, 0.3) is 0 Å². The van der Waals surface area contributed by atoms with E-state index in [1.165, 1.54) is 12.8 Å². The van der Waals surface area contributed by atoms with Gasteiger partial charge in [-0.1, -0.05) is 12.2 Å². The smallest absolute Gasteiger partial charge is 0.117 e. The number of fused-ring (bicyclic) bond motifs is 2. The molecule has 0 radical (unpaired) electrons. The molecular weight excluding hydrogens is 174 g/mol. The van der Waals surface area contributed by atoms with Crippen LogP contribution < -0.4 is 5.32 Å². The van der Waals surface area contributed by atoms with Crippen LogP contribution in [-0.4, -0.2) is 6.04 Å². The average Bonchev–Trinajstić information content (AvgIpc) is 2.91. The predicted molar refractivity (Wildman–Crippen MR) is 54.7 cm³/mol. The van der Waals surface area contributed by atoms with Gasteiger partial charge < -0.3 is 9.73 Å². The van der Waals surface area contributed by atoms with E-state index in [1.54, 1.807) is 6.26 Å². The van der Waals surface area contributed by atoms with Gasteiger partial charge in [-0.3, -0.25) is 0 Å².